The number of hydrogen-bond acceptors (Lipinski definition) is 2. The molecule has 1 aliphatic rings. The van der Waals surface area contributed by atoms with Gasteiger partial charge < -0.3 is 10.1 Å². The number of rotatable bonds is 1. The van der Waals surface area contributed by atoms with Crippen molar-refractivity contribution in [2.24, 2.45) is 0 Å². The summed E-state index contributed by atoms with van der Waals surface area (Å²) in [4.78, 5) is 0. The van der Waals surface area contributed by atoms with Crippen molar-refractivity contribution in [3.8, 4) is 5.75 Å². The number of hydrogen-bond donors (Lipinski definition) is 1. The van der Waals surface area contributed by atoms with Crippen molar-refractivity contribution in [2.45, 2.75) is 32.8 Å². The predicted molar refractivity (Wildman–Crippen MR) is 59.0 cm³/mol. The Morgan fingerprint density at radius 1 is 1.29 bits per heavy atom. The number of nitrogens with one attached hydrogen (secondary N) is 1. The lowest BCUT2D eigenvalue weighted by Crippen LogP contribution is -2.22. The first-order valence-electron chi connectivity index (χ1n) is 5.10. The third-order valence-electron chi connectivity index (χ3n) is 2.21. The maximum absolute atomic E-state index is 5.80. The molecule has 0 spiro atoms. The molecule has 0 aromatic heterocycles. The Kier molecular flexibility index (Phi) is 2.14. The quantitative estimate of drug-likeness (QED) is 0.737. The Hall–Kier alpha value is -1.18. The highest BCUT2D eigenvalue weighted by molar-refractivity contribution is 5.57. The molecule has 76 valence electrons. The lowest BCUT2D eigenvalue weighted by molar-refractivity contribution is 0.131. The summed E-state index contributed by atoms with van der Waals surface area (Å²) in [5.74, 6) is 0.972. The number of ether oxygens (including phenoxy) is 1. The molecule has 0 radical (unpaired) electrons. The highest BCUT2D eigenvalue weighted by Crippen LogP contribution is 2.28. The molecule has 1 N–H and O–H groups in total. The topological polar surface area (TPSA) is 21.3 Å². The highest BCUT2D eigenvalue weighted by atomic mass is 16.5. The third-order valence-corrected chi connectivity index (χ3v) is 2.21. The van der Waals surface area contributed by atoms with Crippen LogP contribution in [0.5, 0.6) is 5.75 Å². The van der Waals surface area contributed by atoms with E-state index in [0.29, 0.717) is 0 Å². The van der Waals surface area contributed by atoms with E-state index in [0.717, 1.165) is 18.7 Å². The number of anilines is 1. The molecule has 0 fully saturated rings. The second-order valence-electron chi connectivity index (χ2n) is 4.71. The Morgan fingerprint density at radius 3 is 2.79 bits per heavy atom. The summed E-state index contributed by atoms with van der Waals surface area (Å²) in [6, 6.07) is 6.27. The fourth-order valence-electron chi connectivity index (χ4n) is 1.70. The van der Waals surface area contributed by atoms with E-state index in [9.17, 15) is 0 Å². The van der Waals surface area contributed by atoms with Gasteiger partial charge >= 0.3 is 0 Å². The molecule has 0 aliphatic carbocycles. The van der Waals surface area contributed by atoms with Crippen LogP contribution in [-0.2, 0) is 6.42 Å². The zero-order valence-corrected chi connectivity index (χ0v) is 9.05. The average molecular weight is 191 g/mol. The van der Waals surface area contributed by atoms with E-state index >= 15 is 0 Å². The third kappa shape index (κ3) is 2.00. The van der Waals surface area contributed by atoms with Gasteiger partial charge in [0.2, 0.25) is 0 Å². The van der Waals surface area contributed by atoms with Crippen molar-refractivity contribution in [3.05, 3.63) is 23.8 Å². The smallest absolute Gasteiger partial charge is 0.120 e. The van der Waals surface area contributed by atoms with Crippen LogP contribution in [-0.4, -0.2) is 12.1 Å². The summed E-state index contributed by atoms with van der Waals surface area (Å²) in [6.07, 6.45) is 1.11. The van der Waals surface area contributed by atoms with E-state index in [-0.39, 0.29) is 5.60 Å². The summed E-state index contributed by atoms with van der Waals surface area (Å²) in [5, 5.41) is 3.33. The van der Waals surface area contributed by atoms with Gasteiger partial charge in [0, 0.05) is 12.2 Å². The molecule has 0 bridgehead atoms. The molecule has 2 heteroatoms. The standard InChI is InChI=1S/C12H17NO/c1-12(2,3)14-10-4-5-11-9(8-10)6-7-13-11/h4-5,8,13H,6-7H2,1-3H3. The molecule has 0 unspecified atom stereocenters. The molecule has 14 heavy (non-hydrogen) atoms. The fourth-order valence-corrected chi connectivity index (χ4v) is 1.70. The lowest BCUT2D eigenvalue weighted by Gasteiger charge is -2.21. The largest absolute Gasteiger partial charge is 0.488 e. The van der Waals surface area contributed by atoms with Crippen LogP contribution in [0.25, 0.3) is 0 Å². The van der Waals surface area contributed by atoms with E-state index in [1.165, 1.54) is 11.3 Å². The minimum Gasteiger partial charge on any atom is -0.488 e. The van der Waals surface area contributed by atoms with Gasteiger partial charge in [-0.15, -0.1) is 0 Å². The normalized spacial score (nSPS) is 14.8. The van der Waals surface area contributed by atoms with Crippen molar-refractivity contribution in [1.82, 2.24) is 0 Å². The molecule has 0 saturated heterocycles. The van der Waals surface area contributed by atoms with Crippen molar-refractivity contribution < 1.29 is 4.74 Å². The predicted octanol–water partition coefficient (Wildman–Crippen LogP) is 2.83. The van der Waals surface area contributed by atoms with Crippen LogP contribution < -0.4 is 10.1 Å². The molecular weight excluding hydrogens is 174 g/mol. The lowest BCUT2D eigenvalue weighted by atomic mass is 10.1. The van der Waals surface area contributed by atoms with Crippen LogP contribution in [0, 0.1) is 0 Å². The Balaban J connectivity index is 2.21. The molecule has 1 aromatic rings. The Bertz CT molecular complexity index is 339. The molecule has 0 saturated carbocycles. The zero-order chi connectivity index (χ0) is 10.2. The Labute approximate surface area is 85.3 Å². The van der Waals surface area contributed by atoms with Crippen molar-refractivity contribution in [2.75, 3.05) is 11.9 Å². The summed E-state index contributed by atoms with van der Waals surface area (Å²) in [7, 11) is 0. The number of benzene rings is 1. The highest BCUT2D eigenvalue weighted by Gasteiger charge is 2.14. The van der Waals surface area contributed by atoms with Gasteiger partial charge in [0.05, 0.1) is 0 Å². The Morgan fingerprint density at radius 2 is 2.07 bits per heavy atom. The van der Waals surface area contributed by atoms with E-state index in [1.807, 2.05) is 6.07 Å². The van der Waals surface area contributed by atoms with Gasteiger partial charge in [-0.1, -0.05) is 0 Å². The van der Waals surface area contributed by atoms with Gasteiger partial charge in [-0.05, 0) is 51.0 Å². The van der Waals surface area contributed by atoms with Gasteiger partial charge in [0.1, 0.15) is 11.4 Å². The van der Waals surface area contributed by atoms with Crippen LogP contribution in [0.3, 0.4) is 0 Å². The van der Waals surface area contributed by atoms with Gasteiger partial charge in [0.25, 0.3) is 0 Å². The van der Waals surface area contributed by atoms with Gasteiger partial charge in [-0.3, -0.25) is 0 Å². The molecule has 0 atom stereocenters. The maximum atomic E-state index is 5.80. The van der Waals surface area contributed by atoms with Crippen LogP contribution in [0.2, 0.25) is 0 Å². The van der Waals surface area contributed by atoms with E-state index in [2.05, 4.69) is 38.2 Å². The van der Waals surface area contributed by atoms with Crippen LogP contribution in [0.1, 0.15) is 26.3 Å². The molecule has 2 rings (SSSR count). The van der Waals surface area contributed by atoms with Gasteiger partial charge in [-0.25, -0.2) is 0 Å². The molecule has 0 amide bonds. The first kappa shape index (κ1) is 9.38. The first-order chi connectivity index (χ1) is 6.54. The maximum Gasteiger partial charge on any atom is 0.120 e. The summed E-state index contributed by atoms with van der Waals surface area (Å²) < 4.78 is 5.80. The van der Waals surface area contributed by atoms with Crippen LogP contribution in [0.15, 0.2) is 18.2 Å². The molecular formula is C12H17NO. The minimum atomic E-state index is -0.111. The molecule has 1 aliphatic heterocycles. The SMILES string of the molecule is CC(C)(C)Oc1ccc2c(c1)CCN2. The monoisotopic (exact) mass is 191 g/mol. The van der Waals surface area contributed by atoms with Gasteiger partial charge in [0.15, 0.2) is 0 Å². The van der Waals surface area contributed by atoms with E-state index < -0.39 is 0 Å². The van der Waals surface area contributed by atoms with Crippen LogP contribution >= 0.6 is 0 Å². The second kappa shape index (κ2) is 3.19. The van der Waals surface area contributed by atoms with Crippen molar-refractivity contribution >= 4 is 5.69 Å². The average Bonchev–Trinajstić information content (AvgIpc) is 2.47. The molecule has 1 heterocycles. The van der Waals surface area contributed by atoms with Gasteiger partial charge in [-0.2, -0.15) is 0 Å². The molecule has 1 aromatic carbocycles. The molecule has 2 nitrogen and oxygen atoms in total. The summed E-state index contributed by atoms with van der Waals surface area (Å²) >= 11 is 0. The number of fused-ring (bicyclic) bond motifs is 1. The van der Waals surface area contributed by atoms with E-state index in [1.54, 1.807) is 0 Å². The van der Waals surface area contributed by atoms with Crippen molar-refractivity contribution in [3.63, 3.8) is 0 Å². The van der Waals surface area contributed by atoms with Crippen molar-refractivity contribution in [1.29, 1.82) is 0 Å². The fraction of sp³-hybridized carbons (Fsp3) is 0.500. The zero-order valence-electron chi connectivity index (χ0n) is 9.05. The first-order valence-corrected chi connectivity index (χ1v) is 5.10. The summed E-state index contributed by atoms with van der Waals surface area (Å²) in [5.41, 5.74) is 2.51. The van der Waals surface area contributed by atoms with E-state index in [4.69, 9.17) is 4.74 Å². The second-order valence-corrected chi connectivity index (χ2v) is 4.71. The van der Waals surface area contributed by atoms with Crippen LogP contribution in [0.4, 0.5) is 5.69 Å². The summed E-state index contributed by atoms with van der Waals surface area (Å²) in [6.45, 7) is 7.25. The minimum absolute atomic E-state index is 0.111.